The van der Waals surface area contributed by atoms with Gasteiger partial charge in [0.15, 0.2) is 5.06 Å². The molecule has 0 saturated carbocycles. The Morgan fingerprint density at radius 1 is 1.23 bits per heavy atom. The monoisotopic (exact) mass is 367 g/mol. The van der Waals surface area contributed by atoms with Crippen LogP contribution in [0.3, 0.4) is 0 Å². The van der Waals surface area contributed by atoms with Crippen LogP contribution in [-0.4, -0.2) is 36.0 Å². The van der Waals surface area contributed by atoms with E-state index in [1.165, 1.54) is 24.2 Å². The fourth-order valence-corrected chi connectivity index (χ4v) is 4.68. The molecule has 6 heteroatoms. The van der Waals surface area contributed by atoms with Gasteiger partial charge in [0, 0.05) is 17.6 Å². The van der Waals surface area contributed by atoms with Gasteiger partial charge in [-0.3, -0.25) is 9.69 Å². The number of hydrogen-bond donors (Lipinski definition) is 1. The third kappa shape index (κ3) is 3.33. The zero-order valence-corrected chi connectivity index (χ0v) is 15.5. The van der Waals surface area contributed by atoms with E-state index in [1.54, 1.807) is 36.4 Å². The first-order valence-electron chi connectivity index (χ1n) is 8.97. The van der Waals surface area contributed by atoms with E-state index in [0.717, 1.165) is 13.1 Å². The number of nitrogens with zero attached hydrogens (tertiary/aromatic N) is 2. The van der Waals surface area contributed by atoms with Crippen molar-refractivity contribution in [2.24, 2.45) is 5.92 Å². The highest BCUT2D eigenvalue weighted by Crippen LogP contribution is 2.32. The summed E-state index contributed by atoms with van der Waals surface area (Å²) in [5.74, 6) is 1.23. The fraction of sp³-hybridized carbons (Fsp3) is 0.400. The number of amides is 1. The molecule has 3 aliphatic rings. The quantitative estimate of drug-likeness (QED) is 0.896. The molecule has 134 valence electrons. The Kier molecular flexibility index (Phi) is 4.66. The van der Waals surface area contributed by atoms with Gasteiger partial charge in [0.1, 0.15) is 16.7 Å². The number of fused-ring (bicyclic) bond motifs is 3. The highest BCUT2D eigenvalue weighted by atomic mass is 32.1. The molecule has 2 aromatic rings. The molecule has 5 nitrogen and oxygen atoms in total. The van der Waals surface area contributed by atoms with E-state index in [2.05, 4.69) is 23.2 Å². The highest BCUT2D eigenvalue weighted by Gasteiger charge is 2.40. The lowest BCUT2D eigenvalue weighted by atomic mass is 9.79. The van der Waals surface area contributed by atoms with Gasteiger partial charge in [-0.05, 0) is 75.2 Å². The minimum Gasteiger partial charge on any atom is -0.447 e. The lowest BCUT2D eigenvalue weighted by Gasteiger charge is -2.49. The molecule has 0 radical (unpaired) electrons. The van der Waals surface area contributed by atoms with Crippen molar-refractivity contribution in [3.8, 4) is 16.9 Å². The van der Waals surface area contributed by atoms with Crippen LogP contribution in [0.1, 0.15) is 35.0 Å². The summed E-state index contributed by atoms with van der Waals surface area (Å²) in [4.78, 5) is 15.7. The SMILES string of the molecule is CC1C(NC(=O)c2ccc(Oc3ccc(C#N)s3)cc2)C2CCN1CC2. The Balaban J connectivity index is 1.40. The van der Waals surface area contributed by atoms with Crippen molar-refractivity contribution in [2.45, 2.75) is 31.8 Å². The normalized spacial score (nSPS) is 26.9. The first kappa shape index (κ1) is 17.1. The van der Waals surface area contributed by atoms with Gasteiger partial charge in [0.05, 0.1) is 0 Å². The molecule has 2 bridgehead atoms. The second-order valence-electron chi connectivity index (χ2n) is 6.97. The summed E-state index contributed by atoms with van der Waals surface area (Å²) in [6, 6.07) is 13.4. The number of nitrogens with one attached hydrogen (secondary N) is 1. The highest BCUT2D eigenvalue weighted by molar-refractivity contribution is 7.14. The van der Waals surface area contributed by atoms with Crippen molar-refractivity contribution in [2.75, 3.05) is 13.1 Å². The zero-order valence-electron chi connectivity index (χ0n) is 14.6. The molecule has 1 aromatic heterocycles. The van der Waals surface area contributed by atoms with Crippen LogP contribution in [0.25, 0.3) is 0 Å². The molecule has 0 aliphatic carbocycles. The first-order valence-corrected chi connectivity index (χ1v) is 9.78. The summed E-state index contributed by atoms with van der Waals surface area (Å²) in [5, 5.41) is 12.8. The van der Waals surface area contributed by atoms with E-state index in [-0.39, 0.29) is 11.9 Å². The molecular formula is C20H21N3O2S. The van der Waals surface area contributed by atoms with Gasteiger partial charge in [-0.15, -0.1) is 0 Å². The van der Waals surface area contributed by atoms with Crippen molar-refractivity contribution in [1.29, 1.82) is 5.26 Å². The number of ether oxygens (including phenoxy) is 1. The van der Waals surface area contributed by atoms with E-state index < -0.39 is 0 Å². The first-order chi connectivity index (χ1) is 12.6. The number of thiophene rings is 1. The Labute approximate surface area is 157 Å². The number of carbonyl (C=O) groups excluding carboxylic acids is 1. The van der Waals surface area contributed by atoms with Gasteiger partial charge in [-0.25, -0.2) is 0 Å². The lowest BCUT2D eigenvalue weighted by molar-refractivity contribution is 0.0217. The van der Waals surface area contributed by atoms with E-state index in [1.807, 2.05) is 0 Å². The van der Waals surface area contributed by atoms with Crippen LogP contribution in [0.4, 0.5) is 0 Å². The van der Waals surface area contributed by atoms with E-state index in [9.17, 15) is 4.79 Å². The molecule has 5 rings (SSSR count). The maximum atomic E-state index is 12.6. The van der Waals surface area contributed by atoms with Gasteiger partial charge in [-0.1, -0.05) is 11.3 Å². The number of nitriles is 1. The van der Waals surface area contributed by atoms with Crippen molar-refractivity contribution < 1.29 is 9.53 Å². The predicted molar refractivity (Wildman–Crippen MR) is 101 cm³/mol. The van der Waals surface area contributed by atoms with E-state index in [0.29, 0.717) is 33.2 Å². The Bertz CT molecular complexity index is 829. The average molecular weight is 367 g/mol. The molecular weight excluding hydrogens is 346 g/mol. The smallest absolute Gasteiger partial charge is 0.251 e. The van der Waals surface area contributed by atoms with Gasteiger partial charge in [0.2, 0.25) is 0 Å². The van der Waals surface area contributed by atoms with Gasteiger partial charge in [0.25, 0.3) is 5.91 Å². The maximum absolute atomic E-state index is 12.6. The lowest BCUT2D eigenvalue weighted by Crippen LogP contribution is -2.62. The molecule has 4 heterocycles. The summed E-state index contributed by atoms with van der Waals surface area (Å²) >= 11 is 1.30. The van der Waals surface area contributed by atoms with E-state index >= 15 is 0 Å². The second-order valence-corrected chi connectivity index (χ2v) is 8.02. The summed E-state index contributed by atoms with van der Waals surface area (Å²) in [6.45, 7) is 4.52. The molecule has 3 saturated heterocycles. The minimum atomic E-state index is -0.0231. The second kappa shape index (κ2) is 7.10. The van der Waals surface area contributed by atoms with Crippen LogP contribution >= 0.6 is 11.3 Å². The molecule has 3 aliphatic heterocycles. The topological polar surface area (TPSA) is 65.4 Å². The van der Waals surface area contributed by atoms with Crippen molar-refractivity contribution >= 4 is 17.2 Å². The molecule has 1 amide bonds. The third-order valence-corrected chi connectivity index (χ3v) is 6.37. The molecule has 26 heavy (non-hydrogen) atoms. The Hall–Kier alpha value is -2.36. The molecule has 1 N–H and O–H groups in total. The Morgan fingerprint density at radius 2 is 1.96 bits per heavy atom. The fourth-order valence-electron chi connectivity index (χ4n) is 4.01. The summed E-state index contributed by atoms with van der Waals surface area (Å²) in [5.41, 5.74) is 0.643. The van der Waals surface area contributed by atoms with Gasteiger partial charge < -0.3 is 10.1 Å². The predicted octanol–water partition coefficient (Wildman–Crippen LogP) is 3.62. The van der Waals surface area contributed by atoms with E-state index in [4.69, 9.17) is 10.00 Å². The average Bonchev–Trinajstić information content (AvgIpc) is 3.13. The zero-order chi connectivity index (χ0) is 18.1. The molecule has 2 atom stereocenters. The summed E-state index contributed by atoms with van der Waals surface area (Å²) in [7, 11) is 0. The van der Waals surface area contributed by atoms with Gasteiger partial charge >= 0.3 is 0 Å². The van der Waals surface area contributed by atoms with Crippen LogP contribution in [0.15, 0.2) is 36.4 Å². The molecule has 3 fully saturated rings. The molecule has 1 aromatic carbocycles. The number of benzene rings is 1. The van der Waals surface area contributed by atoms with Crippen LogP contribution in [0.2, 0.25) is 0 Å². The summed E-state index contributed by atoms with van der Waals surface area (Å²) in [6.07, 6.45) is 2.35. The largest absolute Gasteiger partial charge is 0.447 e. The molecule has 0 spiro atoms. The van der Waals surface area contributed by atoms with Crippen LogP contribution in [0, 0.1) is 17.2 Å². The van der Waals surface area contributed by atoms with Crippen LogP contribution in [0.5, 0.6) is 10.8 Å². The van der Waals surface area contributed by atoms with Crippen molar-refractivity contribution in [3.63, 3.8) is 0 Å². The number of carbonyl (C=O) groups is 1. The van der Waals surface area contributed by atoms with Crippen LogP contribution in [-0.2, 0) is 0 Å². The number of piperidine rings is 3. The van der Waals surface area contributed by atoms with Crippen molar-refractivity contribution in [3.05, 3.63) is 46.8 Å². The third-order valence-electron chi connectivity index (χ3n) is 5.50. The van der Waals surface area contributed by atoms with Gasteiger partial charge in [-0.2, -0.15) is 5.26 Å². The standard InChI is InChI=1S/C20H21N3O2S/c1-13-19(14-8-10-23(13)11-9-14)22-20(24)15-2-4-16(5-3-15)25-18-7-6-17(12-21)26-18/h2-7,13-14,19H,8-11H2,1H3,(H,22,24). The summed E-state index contributed by atoms with van der Waals surface area (Å²) < 4.78 is 5.73. The maximum Gasteiger partial charge on any atom is 0.251 e. The number of hydrogen-bond acceptors (Lipinski definition) is 5. The van der Waals surface area contributed by atoms with Crippen molar-refractivity contribution in [1.82, 2.24) is 10.2 Å². The number of rotatable bonds is 4. The van der Waals surface area contributed by atoms with Crippen LogP contribution < -0.4 is 10.1 Å². The minimum absolute atomic E-state index is 0.0231. The molecule has 2 unspecified atom stereocenters. The Morgan fingerprint density at radius 3 is 2.58 bits per heavy atom.